The highest BCUT2D eigenvalue weighted by atomic mass is 79.9. The van der Waals surface area contributed by atoms with Crippen LogP contribution in [0.25, 0.3) is 0 Å². The lowest BCUT2D eigenvalue weighted by Gasteiger charge is -2.32. The Morgan fingerprint density at radius 3 is 2.64 bits per heavy atom. The van der Waals surface area contributed by atoms with E-state index in [0.717, 1.165) is 0 Å². The van der Waals surface area contributed by atoms with Crippen molar-refractivity contribution in [2.45, 2.75) is 38.1 Å². The Bertz CT molecular complexity index is 618. The van der Waals surface area contributed by atoms with E-state index in [9.17, 15) is 23.1 Å². The second kappa shape index (κ2) is 6.00. The number of carbonyl (C=O) groups excluding carboxylic acids is 1. The molecule has 0 spiro atoms. The Kier molecular flexibility index (Phi) is 4.62. The summed E-state index contributed by atoms with van der Waals surface area (Å²) in [6, 6.07) is 6.06. The molecule has 1 aromatic carbocycles. The quantitative estimate of drug-likeness (QED) is 0.871. The van der Waals surface area contributed by atoms with Crippen molar-refractivity contribution >= 4 is 27.5 Å². The second-order valence-electron chi connectivity index (χ2n) is 5.00. The van der Waals surface area contributed by atoms with Crippen LogP contribution in [0.5, 0.6) is 0 Å². The number of carbonyl (C=O) groups is 1. The number of amides is 1. The van der Waals surface area contributed by atoms with Crippen LogP contribution in [-0.4, -0.2) is 33.6 Å². The largest absolute Gasteiger partial charge is 0.438 e. The average Bonchev–Trinajstić information content (AvgIpc) is 2.77. The fraction of sp³-hybridized carbons (Fsp3) is 0.429. The van der Waals surface area contributed by atoms with Gasteiger partial charge in [-0.05, 0) is 34.5 Å². The summed E-state index contributed by atoms with van der Waals surface area (Å²) in [7, 11) is 0. The molecule has 0 saturated heterocycles. The molecule has 0 fully saturated rings. The summed E-state index contributed by atoms with van der Waals surface area (Å²) >= 11 is 3.12. The molecular formula is C14H14BrF3N2O2. The van der Waals surface area contributed by atoms with E-state index >= 15 is 0 Å². The van der Waals surface area contributed by atoms with Crippen LogP contribution in [0.2, 0.25) is 0 Å². The maximum atomic E-state index is 13.3. The molecule has 2 rings (SSSR count). The van der Waals surface area contributed by atoms with Crippen molar-refractivity contribution in [2.75, 3.05) is 0 Å². The Morgan fingerprint density at radius 2 is 2.09 bits per heavy atom. The van der Waals surface area contributed by atoms with Crippen molar-refractivity contribution in [1.29, 1.82) is 0 Å². The van der Waals surface area contributed by atoms with Crippen LogP contribution in [0.4, 0.5) is 13.2 Å². The highest BCUT2D eigenvalue weighted by Gasteiger charge is 2.63. The Morgan fingerprint density at radius 1 is 1.45 bits per heavy atom. The fourth-order valence-corrected chi connectivity index (χ4v) is 2.68. The van der Waals surface area contributed by atoms with Crippen molar-refractivity contribution in [3.63, 3.8) is 0 Å². The van der Waals surface area contributed by atoms with Gasteiger partial charge in [0.15, 0.2) is 0 Å². The van der Waals surface area contributed by atoms with Crippen LogP contribution in [0.1, 0.15) is 36.5 Å². The van der Waals surface area contributed by atoms with Gasteiger partial charge in [-0.15, -0.1) is 0 Å². The minimum atomic E-state index is -5.00. The molecule has 120 valence electrons. The van der Waals surface area contributed by atoms with Crippen LogP contribution in [0.3, 0.4) is 0 Å². The molecule has 4 nitrogen and oxygen atoms in total. The third-order valence-corrected chi connectivity index (χ3v) is 4.02. The summed E-state index contributed by atoms with van der Waals surface area (Å²) in [4.78, 5) is 12.4. The van der Waals surface area contributed by atoms with Crippen molar-refractivity contribution in [3.8, 4) is 0 Å². The van der Waals surface area contributed by atoms with E-state index in [1.165, 1.54) is 18.2 Å². The molecule has 0 unspecified atom stereocenters. The lowest BCUT2D eigenvalue weighted by atomic mass is 10.0. The van der Waals surface area contributed by atoms with E-state index in [0.29, 0.717) is 10.9 Å². The molecular weight excluding hydrogens is 365 g/mol. The lowest BCUT2D eigenvalue weighted by molar-refractivity contribution is -0.297. The normalized spacial score (nSPS) is 21.9. The number of alkyl halides is 3. The summed E-state index contributed by atoms with van der Waals surface area (Å²) in [6.45, 7) is 1.79. The summed E-state index contributed by atoms with van der Waals surface area (Å²) < 4.78 is 40.1. The molecule has 8 heteroatoms. The number of hydrogen-bond acceptors (Lipinski definition) is 3. The molecule has 1 N–H and O–H groups in total. The molecule has 1 aliphatic rings. The van der Waals surface area contributed by atoms with Crippen LogP contribution in [0, 0.1) is 0 Å². The second-order valence-corrected chi connectivity index (χ2v) is 5.86. The SMILES string of the molecule is CCCC1=NN(C(=O)c2ccccc2Br)[C@](O)(C(F)(F)F)C1. The third kappa shape index (κ3) is 2.89. The molecule has 0 bridgehead atoms. The topological polar surface area (TPSA) is 52.9 Å². The van der Waals surface area contributed by atoms with Gasteiger partial charge in [0.05, 0.1) is 5.56 Å². The molecule has 1 aromatic rings. The molecule has 1 heterocycles. The molecule has 22 heavy (non-hydrogen) atoms. The van der Waals surface area contributed by atoms with Gasteiger partial charge in [-0.25, -0.2) is 0 Å². The first-order valence-corrected chi connectivity index (χ1v) is 7.44. The molecule has 0 saturated carbocycles. The summed E-state index contributed by atoms with van der Waals surface area (Å²) in [5.41, 5.74) is -3.14. The maximum Gasteiger partial charge on any atom is 0.438 e. The number of rotatable bonds is 3. The van der Waals surface area contributed by atoms with E-state index in [1.54, 1.807) is 13.0 Å². The van der Waals surface area contributed by atoms with Crippen LogP contribution >= 0.6 is 15.9 Å². The predicted molar refractivity (Wildman–Crippen MR) is 78.3 cm³/mol. The molecule has 0 aromatic heterocycles. The van der Waals surface area contributed by atoms with Crippen molar-refractivity contribution in [1.82, 2.24) is 5.01 Å². The first-order valence-electron chi connectivity index (χ1n) is 6.65. The minimum absolute atomic E-state index is 0.00618. The van der Waals surface area contributed by atoms with Crippen molar-refractivity contribution in [3.05, 3.63) is 34.3 Å². The van der Waals surface area contributed by atoms with Crippen molar-refractivity contribution in [2.24, 2.45) is 5.10 Å². The predicted octanol–water partition coefficient (Wildman–Crippen LogP) is 3.70. The Labute approximate surface area is 133 Å². The lowest BCUT2D eigenvalue weighted by Crippen LogP contribution is -2.56. The Balaban J connectivity index is 2.44. The van der Waals surface area contributed by atoms with Gasteiger partial charge in [-0.1, -0.05) is 25.5 Å². The van der Waals surface area contributed by atoms with Gasteiger partial charge in [0.25, 0.3) is 11.6 Å². The van der Waals surface area contributed by atoms with Gasteiger partial charge in [0.2, 0.25) is 0 Å². The first-order chi connectivity index (χ1) is 10.2. The van der Waals surface area contributed by atoms with E-state index in [1.807, 2.05) is 0 Å². The maximum absolute atomic E-state index is 13.3. The number of hydrogen-bond donors (Lipinski definition) is 1. The molecule has 0 aliphatic carbocycles. The first kappa shape index (κ1) is 17.0. The highest BCUT2D eigenvalue weighted by Crippen LogP contribution is 2.41. The number of halogens is 4. The van der Waals surface area contributed by atoms with Gasteiger partial charge in [-0.3, -0.25) is 4.79 Å². The standard InChI is InChI=1S/C14H14BrF3N2O2/c1-2-5-9-8-13(22,14(16,17)18)20(19-9)12(21)10-6-3-4-7-11(10)15/h3-4,6-7,22H,2,5,8H2,1H3/t13-/m1/s1. The van der Waals surface area contributed by atoms with Gasteiger partial charge in [0, 0.05) is 16.6 Å². The zero-order chi connectivity index (χ0) is 16.5. The zero-order valence-corrected chi connectivity index (χ0v) is 13.3. The van der Waals surface area contributed by atoms with E-state index in [2.05, 4.69) is 21.0 Å². The summed E-state index contributed by atoms with van der Waals surface area (Å²) in [6.07, 6.45) is -4.86. The number of aliphatic hydroxyl groups is 1. The molecule has 1 amide bonds. The monoisotopic (exact) mass is 378 g/mol. The Hall–Kier alpha value is -1.41. The van der Waals surface area contributed by atoms with Gasteiger partial charge in [-0.2, -0.15) is 23.3 Å². The van der Waals surface area contributed by atoms with Gasteiger partial charge in [0.1, 0.15) is 0 Å². The minimum Gasteiger partial charge on any atom is -0.362 e. The van der Waals surface area contributed by atoms with Crippen LogP contribution in [0.15, 0.2) is 33.8 Å². The van der Waals surface area contributed by atoms with E-state index < -0.39 is 24.2 Å². The van der Waals surface area contributed by atoms with Crippen molar-refractivity contribution < 1.29 is 23.1 Å². The zero-order valence-electron chi connectivity index (χ0n) is 11.7. The van der Waals surface area contributed by atoms with Gasteiger partial charge < -0.3 is 5.11 Å². The number of benzene rings is 1. The number of nitrogens with zero attached hydrogens (tertiary/aromatic N) is 2. The smallest absolute Gasteiger partial charge is 0.362 e. The highest BCUT2D eigenvalue weighted by molar-refractivity contribution is 9.10. The summed E-state index contributed by atoms with van der Waals surface area (Å²) in [5, 5.41) is 13.9. The van der Waals surface area contributed by atoms with E-state index in [4.69, 9.17) is 0 Å². The average molecular weight is 379 g/mol. The summed E-state index contributed by atoms with van der Waals surface area (Å²) in [5.74, 6) is -1.00. The molecule has 0 radical (unpaired) electrons. The van der Waals surface area contributed by atoms with Crippen LogP contribution < -0.4 is 0 Å². The molecule has 1 atom stereocenters. The van der Waals surface area contributed by atoms with E-state index in [-0.39, 0.29) is 22.7 Å². The number of hydrazone groups is 1. The molecule has 1 aliphatic heterocycles. The van der Waals surface area contributed by atoms with Gasteiger partial charge >= 0.3 is 6.18 Å². The fourth-order valence-electron chi connectivity index (χ4n) is 2.23. The third-order valence-electron chi connectivity index (χ3n) is 3.33. The van der Waals surface area contributed by atoms with Crippen LogP contribution in [-0.2, 0) is 0 Å².